The number of piperidine rings is 1. The molecule has 1 N–H and O–H groups in total. The second-order valence-electron chi connectivity index (χ2n) is 6.77. The smallest absolute Gasteiger partial charge is 0.251 e. The molecule has 3 heterocycles. The highest BCUT2D eigenvalue weighted by Crippen LogP contribution is 2.40. The summed E-state index contributed by atoms with van der Waals surface area (Å²) in [6, 6.07) is 1.50. The van der Waals surface area contributed by atoms with Gasteiger partial charge in [-0.3, -0.25) is 9.59 Å². The number of nitrogens with zero attached hydrogens (tertiary/aromatic N) is 3. The molecule has 0 spiro atoms. The summed E-state index contributed by atoms with van der Waals surface area (Å²) in [5.74, 6) is 2.01. The lowest BCUT2D eigenvalue weighted by Crippen LogP contribution is -2.39. The zero-order chi connectivity index (χ0) is 16.7. The average molecular weight is 344 g/mol. The van der Waals surface area contributed by atoms with E-state index in [1.807, 2.05) is 10.3 Å². The summed E-state index contributed by atoms with van der Waals surface area (Å²) in [6.07, 6.45) is 4.43. The molecule has 0 radical (unpaired) electrons. The van der Waals surface area contributed by atoms with E-state index in [-0.39, 0.29) is 17.4 Å². The molecule has 2 atom stereocenters. The minimum Gasteiger partial charge on any atom is -0.342 e. The van der Waals surface area contributed by atoms with Crippen LogP contribution in [-0.2, 0) is 4.79 Å². The highest BCUT2D eigenvalue weighted by molar-refractivity contribution is 7.13. The first-order chi connectivity index (χ1) is 11.6. The number of hydrogen-bond donors (Lipinski definition) is 1. The van der Waals surface area contributed by atoms with Gasteiger partial charge >= 0.3 is 0 Å². The van der Waals surface area contributed by atoms with E-state index in [4.69, 9.17) is 0 Å². The van der Waals surface area contributed by atoms with Gasteiger partial charge in [-0.05, 0) is 25.2 Å². The molecule has 4 rings (SSSR count). The Morgan fingerprint density at radius 3 is 2.75 bits per heavy atom. The SMILES string of the molecule is C[C@@H]1C[C@H]1C(=O)N1CCC(c2nc(-c3nccs3)cc(=O)[nH]2)CC1. The van der Waals surface area contributed by atoms with E-state index in [2.05, 4.69) is 21.9 Å². The molecule has 2 aromatic heterocycles. The molecule has 2 fully saturated rings. The molecule has 126 valence electrons. The third-order valence-electron chi connectivity index (χ3n) is 5.03. The molecule has 7 heteroatoms. The number of carbonyl (C=O) groups excluding carboxylic acids is 1. The molecule has 1 aliphatic carbocycles. The van der Waals surface area contributed by atoms with Crippen molar-refractivity contribution in [2.75, 3.05) is 13.1 Å². The number of hydrogen-bond acceptors (Lipinski definition) is 5. The molecular formula is C17H20N4O2S. The molecule has 1 amide bonds. The normalized spacial score (nSPS) is 24.1. The molecule has 1 saturated carbocycles. The Morgan fingerprint density at radius 1 is 1.38 bits per heavy atom. The Kier molecular flexibility index (Phi) is 3.96. The van der Waals surface area contributed by atoms with Crippen molar-refractivity contribution in [3.63, 3.8) is 0 Å². The molecule has 24 heavy (non-hydrogen) atoms. The van der Waals surface area contributed by atoms with Crippen LogP contribution in [0.1, 0.15) is 37.9 Å². The first-order valence-electron chi connectivity index (χ1n) is 8.41. The van der Waals surface area contributed by atoms with Gasteiger partial charge < -0.3 is 9.88 Å². The lowest BCUT2D eigenvalue weighted by Gasteiger charge is -2.31. The van der Waals surface area contributed by atoms with Crippen LogP contribution in [0.4, 0.5) is 0 Å². The molecule has 0 bridgehead atoms. The Morgan fingerprint density at radius 2 is 2.12 bits per heavy atom. The summed E-state index contributed by atoms with van der Waals surface area (Å²) >= 11 is 1.48. The summed E-state index contributed by atoms with van der Waals surface area (Å²) in [4.78, 5) is 38.0. The molecule has 0 unspecified atom stereocenters. The number of aromatic nitrogens is 3. The standard InChI is InChI=1S/C17H20N4O2S/c1-10-8-12(10)17(23)21-5-2-11(3-6-21)15-19-13(9-14(22)20-15)16-18-4-7-24-16/h4,7,9-12H,2-3,5-6,8H2,1H3,(H,19,20,22)/t10-,12-/m1/s1. The van der Waals surface area contributed by atoms with Gasteiger partial charge in [0.1, 0.15) is 16.5 Å². The van der Waals surface area contributed by atoms with E-state index in [0.29, 0.717) is 17.5 Å². The summed E-state index contributed by atoms with van der Waals surface area (Å²) < 4.78 is 0. The van der Waals surface area contributed by atoms with Crippen molar-refractivity contribution in [1.82, 2.24) is 19.9 Å². The fourth-order valence-corrected chi connectivity index (χ4v) is 4.00. The first kappa shape index (κ1) is 15.5. The van der Waals surface area contributed by atoms with Gasteiger partial charge in [0, 0.05) is 42.6 Å². The monoisotopic (exact) mass is 344 g/mol. The fraction of sp³-hybridized carbons (Fsp3) is 0.529. The number of H-pyrrole nitrogens is 1. The third-order valence-corrected chi connectivity index (χ3v) is 5.83. The van der Waals surface area contributed by atoms with Crippen LogP contribution >= 0.6 is 11.3 Å². The largest absolute Gasteiger partial charge is 0.342 e. The predicted octanol–water partition coefficient (Wildman–Crippen LogP) is 2.26. The van der Waals surface area contributed by atoms with Crippen molar-refractivity contribution in [3.8, 4) is 10.7 Å². The summed E-state index contributed by atoms with van der Waals surface area (Å²) in [5.41, 5.74) is 0.490. The molecule has 2 aromatic rings. The number of rotatable bonds is 3. The zero-order valence-electron chi connectivity index (χ0n) is 13.6. The minimum absolute atomic E-state index is 0.143. The van der Waals surface area contributed by atoms with Crippen LogP contribution in [0.15, 0.2) is 22.4 Å². The second-order valence-corrected chi connectivity index (χ2v) is 7.67. The molecule has 6 nitrogen and oxygen atoms in total. The van der Waals surface area contributed by atoms with Gasteiger partial charge in [-0.15, -0.1) is 11.3 Å². The number of amides is 1. The molecule has 2 aliphatic rings. The zero-order valence-corrected chi connectivity index (χ0v) is 14.4. The van der Waals surface area contributed by atoms with Crippen LogP contribution in [0.25, 0.3) is 10.7 Å². The topological polar surface area (TPSA) is 79.0 Å². The maximum absolute atomic E-state index is 12.3. The summed E-state index contributed by atoms with van der Waals surface area (Å²) in [6.45, 7) is 3.63. The van der Waals surface area contributed by atoms with Crippen LogP contribution in [-0.4, -0.2) is 38.8 Å². The van der Waals surface area contributed by atoms with Crippen LogP contribution in [0.2, 0.25) is 0 Å². The van der Waals surface area contributed by atoms with Gasteiger partial charge in [-0.25, -0.2) is 9.97 Å². The number of thiazole rings is 1. The van der Waals surface area contributed by atoms with Gasteiger partial charge in [0.2, 0.25) is 5.91 Å². The van der Waals surface area contributed by atoms with Crippen LogP contribution in [0.3, 0.4) is 0 Å². The Hall–Kier alpha value is -2.02. The van der Waals surface area contributed by atoms with E-state index in [1.54, 1.807) is 6.20 Å². The number of nitrogens with one attached hydrogen (secondary N) is 1. The van der Waals surface area contributed by atoms with Crippen molar-refractivity contribution >= 4 is 17.2 Å². The maximum atomic E-state index is 12.3. The van der Waals surface area contributed by atoms with E-state index >= 15 is 0 Å². The Bertz CT molecular complexity index is 793. The summed E-state index contributed by atoms with van der Waals surface area (Å²) in [7, 11) is 0. The van der Waals surface area contributed by atoms with Gasteiger partial charge in [-0.1, -0.05) is 6.92 Å². The lowest BCUT2D eigenvalue weighted by molar-refractivity contribution is -0.133. The van der Waals surface area contributed by atoms with E-state index < -0.39 is 0 Å². The second kappa shape index (κ2) is 6.12. The highest BCUT2D eigenvalue weighted by atomic mass is 32.1. The molecule has 1 aliphatic heterocycles. The number of carbonyl (C=O) groups is 1. The summed E-state index contributed by atoms with van der Waals surface area (Å²) in [5, 5.41) is 2.64. The van der Waals surface area contributed by atoms with Gasteiger partial charge in [0.15, 0.2) is 0 Å². The van der Waals surface area contributed by atoms with Crippen molar-refractivity contribution in [2.24, 2.45) is 11.8 Å². The number of aromatic amines is 1. The molecule has 1 saturated heterocycles. The first-order valence-corrected chi connectivity index (χ1v) is 9.29. The molecular weight excluding hydrogens is 324 g/mol. The lowest BCUT2D eigenvalue weighted by atomic mass is 9.95. The average Bonchev–Trinajstić information content (AvgIpc) is 3.10. The van der Waals surface area contributed by atoms with Gasteiger partial charge in [-0.2, -0.15) is 0 Å². The van der Waals surface area contributed by atoms with Crippen molar-refractivity contribution in [3.05, 3.63) is 33.8 Å². The number of likely N-dealkylation sites (tertiary alicyclic amines) is 1. The quantitative estimate of drug-likeness (QED) is 0.926. The third kappa shape index (κ3) is 3.00. The van der Waals surface area contributed by atoms with E-state index in [9.17, 15) is 9.59 Å². The minimum atomic E-state index is -0.143. The Labute approximate surface area is 144 Å². The highest BCUT2D eigenvalue weighted by Gasteiger charge is 2.42. The predicted molar refractivity (Wildman–Crippen MR) is 91.8 cm³/mol. The van der Waals surface area contributed by atoms with E-state index in [1.165, 1.54) is 17.4 Å². The van der Waals surface area contributed by atoms with Gasteiger partial charge in [0.25, 0.3) is 5.56 Å². The maximum Gasteiger partial charge on any atom is 0.251 e. The fourth-order valence-electron chi connectivity index (χ4n) is 3.40. The van der Waals surface area contributed by atoms with Crippen molar-refractivity contribution in [1.29, 1.82) is 0 Å². The van der Waals surface area contributed by atoms with Crippen molar-refractivity contribution in [2.45, 2.75) is 32.1 Å². The van der Waals surface area contributed by atoms with Gasteiger partial charge in [0.05, 0.1) is 0 Å². The molecule has 0 aromatic carbocycles. The van der Waals surface area contributed by atoms with Crippen LogP contribution in [0, 0.1) is 11.8 Å². The Balaban J connectivity index is 1.47. The van der Waals surface area contributed by atoms with Crippen LogP contribution < -0.4 is 5.56 Å². The van der Waals surface area contributed by atoms with E-state index in [0.717, 1.165) is 43.2 Å². The van der Waals surface area contributed by atoms with Crippen LogP contribution in [0.5, 0.6) is 0 Å². The van der Waals surface area contributed by atoms with Crippen molar-refractivity contribution < 1.29 is 4.79 Å².